The maximum absolute atomic E-state index is 12.8. The summed E-state index contributed by atoms with van der Waals surface area (Å²) < 4.78 is 27.0. The van der Waals surface area contributed by atoms with E-state index in [1.54, 1.807) is 6.07 Å². The topological polar surface area (TPSA) is 87.0 Å². The summed E-state index contributed by atoms with van der Waals surface area (Å²) in [6, 6.07) is 11.8. The number of rotatable bonds is 5. The fourth-order valence-electron chi connectivity index (χ4n) is 4.05. The Labute approximate surface area is 180 Å². The molecule has 0 N–H and O–H groups in total. The normalized spacial score (nSPS) is 18.0. The van der Waals surface area contributed by atoms with Crippen LogP contribution in [0.2, 0.25) is 5.02 Å². The number of sulfonamides is 1. The van der Waals surface area contributed by atoms with E-state index in [-0.39, 0.29) is 10.6 Å². The Morgan fingerprint density at radius 1 is 0.867 bits per heavy atom. The van der Waals surface area contributed by atoms with Crippen LogP contribution in [0.5, 0.6) is 0 Å². The van der Waals surface area contributed by atoms with Crippen molar-refractivity contribution in [1.29, 1.82) is 0 Å². The van der Waals surface area contributed by atoms with Crippen molar-refractivity contribution in [2.75, 3.05) is 49.1 Å². The highest BCUT2D eigenvalue weighted by atomic mass is 35.5. The van der Waals surface area contributed by atoms with Crippen LogP contribution in [0.4, 0.5) is 17.1 Å². The van der Waals surface area contributed by atoms with Crippen molar-refractivity contribution in [3.8, 4) is 0 Å². The molecule has 0 bridgehead atoms. The first-order chi connectivity index (χ1) is 14.4. The summed E-state index contributed by atoms with van der Waals surface area (Å²) in [6.07, 6.45) is 1.63. The molecule has 2 heterocycles. The molecule has 2 fully saturated rings. The van der Waals surface area contributed by atoms with Crippen LogP contribution in [0, 0.1) is 10.1 Å². The number of anilines is 2. The van der Waals surface area contributed by atoms with E-state index in [1.807, 2.05) is 29.2 Å². The van der Waals surface area contributed by atoms with Crippen LogP contribution in [0.3, 0.4) is 0 Å². The molecule has 0 aliphatic carbocycles. The molecule has 0 saturated carbocycles. The Balaban J connectivity index is 1.56. The predicted molar refractivity (Wildman–Crippen MR) is 117 cm³/mol. The molecule has 2 aromatic carbocycles. The van der Waals surface area contributed by atoms with Crippen LogP contribution < -0.4 is 9.80 Å². The van der Waals surface area contributed by atoms with Crippen LogP contribution in [0.15, 0.2) is 47.4 Å². The number of para-hydroxylation sites is 1. The molecule has 2 aliphatic rings. The third-order valence-electron chi connectivity index (χ3n) is 5.66. The summed E-state index contributed by atoms with van der Waals surface area (Å²) in [5, 5.41) is 12.4. The summed E-state index contributed by atoms with van der Waals surface area (Å²) in [5.41, 5.74) is 1.21. The first-order valence-corrected chi connectivity index (χ1v) is 11.7. The molecule has 10 heteroatoms. The molecule has 2 saturated heterocycles. The molecule has 2 aromatic rings. The predicted octanol–water partition coefficient (Wildman–Crippen LogP) is 3.36. The average molecular weight is 451 g/mol. The van der Waals surface area contributed by atoms with E-state index in [0.29, 0.717) is 50.0 Å². The van der Waals surface area contributed by atoms with Crippen molar-refractivity contribution in [1.82, 2.24) is 4.31 Å². The first kappa shape index (κ1) is 20.9. The fraction of sp³-hybridized carbons (Fsp3) is 0.400. The van der Waals surface area contributed by atoms with Gasteiger partial charge in [-0.3, -0.25) is 10.1 Å². The number of nitro groups is 1. The highest BCUT2D eigenvalue weighted by molar-refractivity contribution is 7.89. The van der Waals surface area contributed by atoms with Gasteiger partial charge in [-0.05, 0) is 37.1 Å². The van der Waals surface area contributed by atoms with Gasteiger partial charge < -0.3 is 9.80 Å². The maximum Gasteiger partial charge on any atom is 0.293 e. The van der Waals surface area contributed by atoms with Crippen LogP contribution in [-0.4, -0.2) is 56.9 Å². The van der Waals surface area contributed by atoms with Gasteiger partial charge in [0.2, 0.25) is 10.0 Å². The number of benzene rings is 2. The molecule has 160 valence electrons. The Hall–Kier alpha value is -2.36. The highest BCUT2D eigenvalue weighted by Gasteiger charge is 2.31. The number of nitro benzene ring substituents is 1. The summed E-state index contributed by atoms with van der Waals surface area (Å²) in [5.74, 6) is 0. The second-order valence-electron chi connectivity index (χ2n) is 7.44. The molecule has 0 aromatic heterocycles. The summed E-state index contributed by atoms with van der Waals surface area (Å²) in [7, 11) is -3.70. The quantitative estimate of drug-likeness (QED) is 0.512. The number of halogens is 1. The maximum atomic E-state index is 12.8. The number of piperazine rings is 1. The van der Waals surface area contributed by atoms with E-state index in [0.717, 1.165) is 18.5 Å². The lowest BCUT2D eigenvalue weighted by atomic mass is 10.2. The van der Waals surface area contributed by atoms with Gasteiger partial charge in [0.05, 0.1) is 20.5 Å². The average Bonchev–Trinajstić information content (AvgIpc) is 3.30. The van der Waals surface area contributed by atoms with Gasteiger partial charge in [0.15, 0.2) is 0 Å². The van der Waals surface area contributed by atoms with Crippen LogP contribution in [0.1, 0.15) is 12.8 Å². The zero-order chi connectivity index (χ0) is 21.3. The van der Waals surface area contributed by atoms with Crippen molar-refractivity contribution in [2.24, 2.45) is 0 Å². The molecule has 4 rings (SSSR count). The Morgan fingerprint density at radius 3 is 2.07 bits per heavy atom. The Kier molecular flexibility index (Phi) is 5.86. The van der Waals surface area contributed by atoms with Gasteiger partial charge >= 0.3 is 0 Å². The summed E-state index contributed by atoms with van der Waals surface area (Å²) in [4.78, 5) is 15.3. The SMILES string of the molecule is O=[N+]([O-])c1cc(S(=O)(=O)N2CCCC2)ccc1N1CCN(c2ccccc2Cl)CC1. The Bertz CT molecular complexity index is 1050. The van der Waals surface area contributed by atoms with Crippen molar-refractivity contribution in [3.05, 3.63) is 57.6 Å². The van der Waals surface area contributed by atoms with Crippen LogP contribution in [0.25, 0.3) is 0 Å². The summed E-state index contributed by atoms with van der Waals surface area (Å²) in [6.45, 7) is 3.39. The van der Waals surface area contributed by atoms with Gasteiger partial charge in [-0.2, -0.15) is 4.31 Å². The molecule has 0 atom stereocenters. The first-order valence-electron chi connectivity index (χ1n) is 9.91. The molecule has 0 spiro atoms. The van der Waals surface area contributed by atoms with Crippen molar-refractivity contribution >= 4 is 38.7 Å². The number of hydrogen-bond donors (Lipinski definition) is 0. The smallest absolute Gasteiger partial charge is 0.293 e. The van der Waals surface area contributed by atoms with E-state index in [2.05, 4.69) is 4.90 Å². The van der Waals surface area contributed by atoms with Crippen molar-refractivity contribution in [2.45, 2.75) is 17.7 Å². The van der Waals surface area contributed by atoms with E-state index in [4.69, 9.17) is 11.6 Å². The van der Waals surface area contributed by atoms with E-state index in [1.165, 1.54) is 16.4 Å². The van der Waals surface area contributed by atoms with Gasteiger partial charge in [0.1, 0.15) is 5.69 Å². The molecular formula is C20H23ClN4O4S. The van der Waals surface area contributed by atoms with Gasteiger partial charge in [0, 0.05) is 45.3 Å². The van der Waals surface area contributed by atoms with Gasteiger partial charge in [-0.25, -0.2) is 8.42 Å². The highest BCUT2D eigenvalue weighted by Crippen LogP contribution is 2.34. The van der Waals surface area contributed by atoms with Gasteiger partial charge in [-0.15, -0.1) is 0 Å². The monoisotopic (exact) mass is 450 g/mol. The number of hydrogen-bond acceptors (Lipinski definition) is 6. The zero-order valence-corrected chi connectivity index (χ0v) is 18.0. The van der Waals surface area contributed by atoms with Crippen molar-refractivity contribution in [3.63, 3.8) is 0 Å². The second kappa shape index (κ2) is 8.41. The molecular weight excluding hydrogens is 428 g/mol. The standard InChI is InChI=1S/C20H23ClN4O4S/c21-17-5-1-2-6-18(17)22-11-13-23(14-12-22)19-8-7-16(15-20(19)25(26)27)30(28,29)24-9-3-4-10-24/h1-2,5-8,15H,3-4,9-14H2. The molecule has 0 radical (unpaired) electrons. The molecule has 30 heavy (non-hydrogen) atoms. The lowest BCUT2D eigenvalue weighted by Gasteiger charge is -2.37. The van der Waals surface area contributed by atoms with E-state index < -0.39 is 14.9 Å². The lowest BCUT2D eigenvalue weighted by Crippen LogP contribution is -2.46. The van der Waals surface area contributed by atoms with Crippen LogP contribution >= 0.6 is 11.6 Å². The second-order valence-corrected chi connectivity index (χ2v) is 9.79. The van der Waals surface area contributed by atoms with Crippen molar-refractivity contribution < 1.29 is 13.3 Å². The van der Waals surface area contributed by atoms with Crippen LogP contribution in [-0.2, 0) is 10.0 Å². The third kappa shape index (κ3) is 3.97. The fourth-order valence-corrected chi connectivity index (χ4v) is 5.84. The summed E-state index contributed by atoms with van der Waals surface area (Å²) >= 11 is 6.29. The molecule has 0 amide bonds. The minimum atomic E-state index is -3.70. The zero-order valence-electron chi connectivity index (χ0n) is 16.4. The van der Waals surface area contributed by atoms with E-state index in [9.17, 15) is 18.5 Å². The minimum Gasteiger partial charge on any atom is -0.367 e. The molecule has 0 unspecified atom stereocenters. The minimum absolute atomic E-state index is 0.0189. The lowest BCUT2D eigenvalue weighted by molar-refractivity contribution is -0.384. The Morgan fingerprint density at radius 2 is 1.47 bits per heavy atom. The third-order valence-corrected chi connectivity index (χ3v) is 7.87. The van der Waals surface area contributed by atoms with Gasteiger partial charge in [0.25, 0.3) is 5.69 Å². The number of nitrogens with zero attached hydrogens (tertiary/aromatic N) is 4. The largest absolute Gasteiger partial charge is 0.367 e. The van der Waals surface area contributed by atoms with Gasteiger partial charge in [-0.1, -0.05) is 23.7 Å². The molecule has 8 nitrogen and oxygen atoms in total. The molecule has 2 aliphatic heterocycles. The van der Waals surface area contributed by atoms with E-state index >= 15 is 0 Å².